The van der Waals surface area contributed by atoms with Crippen LogP contribution in [0.25, 0.3) is 0 Å². The van der Waals surface area contributed by atoms with Crippen molar-refractivity contribution in [3.05, 3.63) is 29.8 Å². The molecule has 0 heterocycles. The van der Waals surface area contributed by atoms with E-state index in [1.807, 2.05) is 34.7 Å². The number of amides is 2. The summed E-state index contributed by atoms with van der Waals surface area (Å²) in [7, 11) is 1.82. The summed E-state index contributed by atoms with van der Waals surface area (Å²) in [5.41, 5.74) is 6.37. The van der Waals surface area contributed by atoms with Crippen LogP contribution in [0.15, 0.2) is 24.3 Å². The Bertz CT molecular complexity index is 731. The van der Waals surface area contributed by atoms with Crippen LogP contribution in [-0.2, 0) is 14.3 Å². The van der Waals surface area contributed by atoms with E-state index in [0.717, 1.165) is 0 Å². The van der Waals surface area contributed by atoms with E-state index in [0.29, 0.717) is 30.9 Å². The minimum absolute atomic E-state index is 0.0678. The van der Waals surface area contributed by atoms with E-state index >= 15 is 0 Å². The van der Waals surface area contributed by atoms with E-state index in [1.54, 1.807) is 24.3 Å². The average Bonchev–Trinajstić information content (AvgIpc) is 2.81. The Morgan fingerprint density at radius 3 is 2.58 bits per heavy atom. The fourth-order valence-corrected chi connectivity index (χ4v) is 2.23. The van der Waals surface area contributed by atoms with Gasteiger partial charge in [-0.05, 0) is 25.2 Å². The molecular weight excluding hydrogens is 424 g/mol. The molecule has 1 rings (SSSR count). The minimum atomic E-state index is -0.670. The maximum Gasteiger partial charge on any atom is 0.251 e. The lowest BCUT2D eigenvalue weighted by atomic mass is 10.2. The third-order valence-electron chi connectivity index (χ3n) is 3.73. The van der Waals surface area contributed by atoms with E-state index < -0.39 is 6.23 Å². The Kier molecular flexibility index (Phi) is 18.4. The lowest BCUT2D eigenvalue weighted by molar-refractivity contribution is -0.126. The fraction of sp³-hybridized carbons (Fsp3) is 0.583. The van der Waals surface area contributed by atoms with Gasteiger partial charge >= 0.3 is 0 Å². The van der Waals surface area contributed by atoms with Gasteiger partial charge in [-0.15, -0.1) is 0 Å². The summed E-state index contributed by atoms with van der Waals surface area (Å²) in [6, 6.07) is 6.84. The largest absolute Gasteiger partial charge is 0.489 e. The molecule has 0 radical (unpaired) electrons. The van der Waals surface area contributed by atoms with Crippen molar-refractivity contribution in [2.75, 3.05) is 53.1 Å². The second kappa shape index (κ2) is 20.0. The van der Waals surface area contributed by atoms with Crippen LogP contribution in [0.5, 0.6) is 5.75 Å². The molecule has 0 fully saturated rings. The van der Waals surface area contributed by atoms with Gasteiger partial charge in [0.05, 0.1) is 19.8 Å². The molecule has 9 nitrogen and oxygen atoms in total. The van der Waals surface area contributed by atoms with Gasteiger partial charge in [0.15, 0.2) is 0 Å². The number of likely N-dealkylation sites (N-methyl/N-ethyl adjacent to an activating group) is 1. The van der Waals surface area contributed by atoms with Gasteiger partial charge in [-0.1, -0.05) is 45.6 Å². The van der Waals surface area contributed by atoms with Crippen molar-refractivity contribution in [3.63, 3.8) is 0 Å². The highest BCUT2D eigenvalue weighted by Gasteiger charge is 2.08. The Balaban J connectivity index is 0.00000497. The summed E-state index contributed by atoms with van der Waals surface area (Å²) < 4.78 is 16.2. The lowest BCUT2D eigenvalue weighted by Gasteiger charge is -2.15. The molecule has 1 aromatic rings. The molecule has 1 atom stereocenters. The first kappa shape index (κ1) is 30.4. The Labute approximate surface area is 198 Å². The van der Waals surface area contributed by atoms with Gasteiger partial charge in [0.1, 0.15) is 25.2 Å². The van der Waals surface area contributed by atoms with E-state index in [-0.39, 0.29) is 44.2 Å². The van der Waals surface area contributed by atoms with Crippen LogP contribution in [0.3, 0.4) is 0 Å². The molecule has 0 aliphatic heterocycles. The number of nitrogens with one attached hydrogen (secondary N) is 3. The van der Waals surface area contributed by atoms with E-state index in [1.165, 1.54) is 0 Å². The summed E-state index contributed by atoms with van der Waals surface area (Å²) in [4.78, 5) is 23.6. The molecule has 0 saturated carbocycles. The number of nitrogens with two attached hydrogens (primary N) is 1. The van der Waals surface area contributed by atoms with Crippen LogP contribution >= 0.6 is 0 Å². The Morgan fingerprint density at radius 1 is 1.12 bits per heavy atom. The molecule has 0 bridgehead atoms. The second-order valence-corrected chi connectivity index (χ2v) is 6.91. The van der Waals surface area contributed by atoms with E-state index in [2.05, 4.69) is 27.8 Å². The number of benzene rings is 1. The zero-order chi connectivity index (χ0) is 24.9. The zero-order valence-corrected chi connectivity index (χ0v) is 20.5. The molecule has 1 aromatic carbocycles. The molecule has 0 aromatic heterocycles. The van der Waals surface area contributed by atoms with Crippen LogP contribution in [0.4, 0.5) is 0 Å². The Morgan fingerprint density at radius 2 is 1.88 bits per heavy atom. The molecule has 186 valence electrons. The highest BCUT2D eigenvalue weighted by atomic mass is 16.6. The number of carbonyl (C=O) groups excluding carboxylic acids is 2. The summed E-state index contributed by atoms with van der Waals surface area (Å²) >= 11 is 0. The standard InChI is InChI=1S/C22H34N4O5.C2H6/c1-17(2)6-5-9-25-21(27)16-29-12-13-30-20(23)15-31-19-8-4-7-18(14-19)22(28)26-11-10-24-3;1-2/h4,7-8,14,17,20,24H,9-13,15-16,23H2,1-3H3,(H,25,27)(H,26,28);1-2H3. The normalized spacial score (nSPS) is 10.9. The molecular formula is C24H40N4O5. The van der Waals surface area contributed by atoms with Crippen LogP contribution in [0, 0.1) is 17.8 Å². The summed E-state index contributed by atoms with van der Waals surface area (Å²) in [5, 5.41) is 8.41. The maximum atomic E-state index is 12.1. The van der Waals surface area contributed by atoms with Crippen LogP contribution in [0.1, 0.15) is 38.1 Å². The zero-order valence-electron chi connectivity index (χ0n) is 20.5. The quantitative estimate of drug-likeness (QED) is 0.185. The van der Waals surface area contributed by atoms with Crippen LogP contribution in [-0.4, -0.2) is 71.2 Å². The molecule has 5 N–H and O–H groups in total. The molecule has 0 aliphatic rings. The summed E-state index contributed by atoms with van der Waals surface area (Å²) in [6.07, 6.45) is -0.670. The van der Waals surface area contributed by atoms with Gasteiger partial charge < -0.3 is 35.9 Å². The monoisotopic (exact) mass is 464 g/mol. The molecule has 1 unspecified atom stereocenters. The SMILES string of the molecule is CC.CNCCNC(=O)c1cccc(OCC(N)OCCOCC(=O)NCC#CC(C)C)c1. The van der Waals surface area contributed by atoms with Gasteiger partial charge in [0, 0.05) is 24.6 Å². The number of ether oxygens (including phenoxy) is 3. The topological polar surface area (TPSA) is 124 Å². The van der Waals surface area contributed by atoms with Crippen molar-refractivity contribution in [1.29, 1.82) is 0 Å². The fourth-order valence-electron chi connectivity index (χ4n) is 2.23. The van der Waals surface area contributed by atoms with Gasteiger partial charge in [-0.3, -0.25) is 9.59 Å². The lowest BCUT2D eigenvalue weighted by Crippen LogP contribution is -2.33. The second-order valence-electron chi connectivity index (χ2n) is 6.91. The van der Waals surface area contributed by atoms with Gasteiger partial charge in [-0.2, -0.15) is 0 Å². The molecule has 2 amide bonds. The van der Waals surface area contributed by atoms with Crippen molar-refractivity contribution in [1.82, 2.24) is 16.0 Å². The molecule has 0 aliphatic carbocycles. The van der Waals surface area contributed by atoms with Crippen molar-refractivity contribution in [3.8, 4) is 17.6 Å². The van der Waals surface area contributed by atoms with Crippen molar-refractivity contribution in [2.45, 2.75) is 33.9 Å². The third-order valence-corrected chi connectivity index (χ3v) is 3.73. The van der Waals surface area contributed by atoms with Crippen LogP contribution < -0.4 is 26.4 Å². The van der Waals surface area contributed by atoms with Crippen molar-refractivity contribution in [2.24, 2.45) is 11.7 Å². The molecule has 9 heteroatoms. The van der Waals surface area contributed by atoms with Crippen molar-refractivity contribution < 1.29 is 23.8 Å². The summed E-state index contributed by atoms with van der Waals surface area (Å²) in [6.45, 7) is 9.98. The van der Waals surface area contributed by atoms with Gasteiger partial charge in [-0.25, -0.2) is 0 Å². The number of carbonyl (C=O) groups is 2. The smallest absolute Gasteiger partial charge is 0.251 e. The predicted octanol–water partition coefficient (Wildman–Crippen LogP) is 1.13. The number of hydrogen-bond acceptors (Lipinski definition) is 7. The highest BCUT2D eigenvalue weighted by molar-refractivity contribution is 5.94. The van der Waals surface area contributed by atoms with Crippen molar-refractivity contribution >= 4 is 11.8 Å². The summed E-state index contributed by atoms with van der Waals surface area (Å²) in [5.74, 6) is 6.21. The first-order valence-electron chi connectivity index (χ1n) is 11.3. The van der Waals surface area contributed by atoms with E-state index in [4.69, 9.17) is 19.9 Å². The maximum absolute atomic E-state index is 12.1. The number of hydrogen-bond donors (Lipinski definition) is 4. The molecule has 0 spiro atoms. The third kappa shape index (κ3) is 16.6. The van der Waals surface area contributed by atoms with Gasteiger partial charge in [0.25, 0.3) is 5.91 Å². The Hall–Kier alpha value is -2.64. The first-order valence-corrected chi connectivity index (χ1v) is 11.3. The highest BCUT2D eigenvalue weighted by Crippen LogP contribution is 2.13. The van der Waals surface area contributed by atoms with E-state index in [9.17, 15) is 9.59 Å². The minimum Gasteiger partial charge on any atom is -0.489 e. The first-order chi connectivity index (χ1) is 15.9. The molecule has 33 heavy (non-hydrogen) atoms. The number of rotatable bonds is 14. The molecule has 0 saturated heterocycles. The van der Waals surface area contributed by atoms with Gasteiger partial charge in [0.2, 0.25) is 5.91 Å². The predicted molar refractivity (Wildman–Crippen MR) is 130 cm³/mol. The average molecular weight is 465 g/mol. The van der Waals surface area contributed by atoms with Crippen LogP contribution in [0.2, 0.25) is 0 Å².